The summed E-state index contributed by atoms with van der Waals surface area (Å²) in [6.45, 7) is 2.11. The summed E-state index contributed by atoms with van der Waals surface area (Å²) in [5, 5.41) is 3.35. The second kappa shape index (κ2) is 6.55. The summed E-state index contributed by atoms with van der Waals surface area (Å²) in [4.78, 5) is 0. The highest BCUT2D eigenvalue weighted by Crippen LogP contribution is 2.22. The van der Waals surface area contributed by atoms with Gasteiger partial charge in [0.1, 0.15) is 11.9 Å². The number of rotatable bonds is 2. The molecule has 1 unspecified atom stereocenters. The van der Waals surface area contributed by atoms with E-state index in [1.165, 1.54) is 9.99 Å². The van der Waals surface area contributed by atoms with E-state index in [-0.39, 0.29) is 12.4 Å². The van der Waals surface area contributed by atoms with Gasteiger partial charge in [0.15, 0.2) is 0 Å². The molecular formula is C11H15ClINO. The Balaban J connectivity index is 0.00000112. The number of hydrogen-bond donors (Lipinski definition) is 1. The highest BCUT2D eigenvalue weighted by atomic mass is 127. The number of para-hydroxylation sites is 1. The Morgan fingerprint density at radius 1 is 1.33 bits per heavy atom. The zero-order chi connectivity index (χ0) is 9.80. The maximum absolute atomic E-state index is 5.92. The molecule has 0 aromatic heterocycles. The van der Waals surface area contributed by atoms with E-state index in [0.717, 1.165) is 25.3 Å². The monoisotopic (exact) mass is 339 g/mol. The van der Waals surface area contributed by atoms with Gasteiger partial charge in [-0.25, -0.2) is 0 Å². The molecule has 84 valence electrons. The lowest BCUT2D eigenvalue weighted by Crippen LogP contribution is -2.37. The van der Waals surface area contributed by atoms with Crippen LogP contribution in [0.5, 0.6) is 5.75 Å². The van der Waals surface area contributed by atoms with Crippen LogP contribution in [0.2, 0.25) is 0 Å². The molecule has 1 N–H and O–H groups in total. The van der Waals surface area contributed by atoms with Gasteiger partial charge in [-0.1, -0.05) is 12.1 Å². The van der Waals surface area contributed by atoms with Crippen LogP contribution in [0.25, 0.3) is 0 Å². The van der Waals surface area contributed by atoms with Crippen molar-refractivity contribution in [3.63, 3.8) is 0 Å². The van der Waals surface area contributed by atoms with Crippen molar-refractivity contribution in [1.82, 2.24) is 5.32 Å². The molecule has 1 aromatic rings. The van der Waals surface area contributed by atoms with Crippen molar-refractivity contribution in [3.8, 4) is 5.75 Å². The van der Waals surface area contributed by atoms with Crippen molar-refractivity contribution >= 4 is 35.0 Å². The lowest BCUT2D eigenvalue weighted by molar-refractivity contribution is 0.166. The van der Waals surface area contributed by atoms with Gasteiger partial charge in [-0.05, 0) is 54.1 Å². The fourth-order valence-corrected chi connectivity index (χ4v) is 2.15. The molecule has 1 heterocycles. The van der Waals surface area contributed by atoms with Crippen molar-refractivity contribution in [2.45, 2.75) is 18.9 Å². The Bertz CT molecular complexity index is 302. The minimum atomic E-state index is 0. The lowest BCUT2D eigenvalue weighted by Gasteiger charge is -2.24. The van der Waals surface area contributed by atoms with Gasteiger partial charge >= 0.3 is 0 Å². The molecule has 0 spiro atoms. The summed E-state index contributed by atoms with van der Waals surface area (Å²) in [6, 6.07) is 8.17. The number of hydrogen-bond acceptors (Lipinski definition) is 2. The van der Waals surface area contributed by atoms with Crippen LogP contribution < -0.4 is 10.1 Å². The minimum Gasteiger partial charge on any atom is -0.488 e. The average molecular weight is 340 g/mol. The highest BCUT2D eigenvalue weighted by molar-refractivity contribution is 14.1. The Morgan fingerprint density at radius 2 is 2.13 bits per heavy atom. The quantitative estimate of drug-likeness (QED) is 0.837. The first-order valence-electron chi connectivity index (χ1n) is 4.98. The fraction of sp³-hybridized carbons (Fsp3) is 0.455. The van der Waals surface area contributed by atoms with Gasteiger partial charge in [0.05, 0.1) is 3.57 Å². The molecule has 1 fully saturated rings. The third-order valence-electron chi connectivity index (χ3n) is 2.38. The van der Waals surface area contributed by atoms with Gasteiger partial charge in [-0.3, -0.25) is 0 Å². The molecule has 1 aliphatic heterocycles. The summed E-state index contributed by atoms with van der Waals surface area (Å²) in [5.41, 5.74) is 0. The maximum atomic E-state index is 5.92. The van der Waals surface area contributed by atoms with Crippen LogP contribution in [-0.2, 0) is 0 Å². The van der Waals surface area contributed by atoms with Crippen LogP contribution in [-0.4, -0.2) is 19.2 Å². The molecule has 2 nitrogen and oxygen atoms in total. The van der Waals surface area contributed by atoms with E-state index < -0.39 is 0 Å². The lowest BCUT2D eigenvalue weighted by atomic mass is 10.1. The number of halogens is 2. The topological polar surface area (TPSA) is 21.3 Å². The molecule has 0 saturated carbocycles. The Morgan fingerprint density at radius 3 is 2.80 bits per heavy atom. The van der Waals surface area contributed by atoms with Crippen molar-refractivity contribution < 1.29 is 4.74 Å². The molecule has 1 aliphatic rings. The van der Waals surface area contributed by atoms with E-state index >= 15 is 0 Å². The smallest absolute Gasteiger partial charge is 0.133 e. The third-order valence-corrected chi connectivity index (χ3v) is 3.27. The van der Waals surface area contributed by atoms with E-state index in [0.29, 0.717) is 6.10 Å². The summed E-state index contributed by atoms with van der Waals surface area (Å²) < 4.78 is 7.11. The molecule has 0 radical (unpaired) electrons. The average Bonchev–Trinajstić information content (AvgIpc) is 2.23. The van der Waals surface area contributed by atoms with Crippen molar-refractivity contribution in [2.24, 2.45) is 0 Å². The minimum absolute atomic E-state index is 0. The van der Waals surface area contributed by atoms with Crippen molar-refractivity contribution in [3.05, 3.63) is 27.8 Å². The molecule has 0 bridgehead atoms. The van der Waals surface area contributed by atoms with Crippen LogP contribution in [0.1, 0.15) is 12.8 Å². The normalized spacial score (nSPS) is 20.5. The number of piperidine rings is 1. The van der Waals surface area contributed by atoms with E-state index in [2.05, 4.69) is 34.0 Å². The molecule has 4 heteroatoms. The fourth-order valence-electron chi connectivity index (χ4n) is 1.64. The van der Waals surface area contributed by atoms with Crippen LogP contribution >= 0.6 is 35.0 Å². The molecule has 15 heavy (non-hydrogen) atoms. The second-order valence-corrected chi connectivity index (χ2v) is 4.68. The van der Waals surface area contributed by atoms with Gasteiger partial charge < -0.3 is 10.1 Å². The van der Waals surface area contributed by atoms with Crippen LogP contribution in [0.15, 0.2) is 24.3 Å². The molecule has 1 saturated heterocycles. The van der Waals surface area contributed by atoms with Crippen LogP contribution in [0.3, 0.4) is 0 Å². The molecular weight excluding hydrogens is 324 g/mol. The van der Waals surface area contributed by atoms with Gasteiger partial charge in [0, 0.05) is 6.54 Å². The predicted molar refractivity (Wildman–Crippen MR) is 72.9 cm³/mol. The molecule has 1 aromatic carbocycles. The first kappa shape index (κ1) is 13.1. The van der Waals surface area contributed by atoms with Gasteiger partial charge in [-0.2, -0.15) is 0 Å². The first-order chi connectivity index (χ1) is 6.86. The van der Waals surface area contributed by atoms with Crippen LogP contribution in [0.4, 0.5) is 0 Å². The zero-order valence-corrected chi connectivity index (χ0v) is 11.4. The Hall–Kier alpha value is -0.0000000000000000208. The second-order valence-electron chi connectivity index (χ2n) is 3.52. The van der Waals surface area contributed by atoms with Gasteiger partial charge in [0.2, 0.25) is 0 Å². The summed E-state index contributed by atoms with van der Waals surface area (Å²) >= 11 is 2.31. The van der Waals surface area contributed by atoms with Gasteiger partial charge in [-0.15, -0.1) is 12.4 Å². The molecule has 0 amide bonds. The Kier molecular flexibility index (Phi) is 5.71. The van der Waals surface area contributed by atoms with Crippen LogP contribution in [0, 0.1) is 3.57 Å². The summed E-state index contributed by atoms with van der Waals surface area (Å²) in [6.07, 6.45) is 2.73. The highest BCUT2D eigenvalue weighted by Gasteiger charge is 2.14. The van der Waals surface area contributed by atoms with E-state index in [1.807, 2.05) is 18.2 Å². The standard InChI is InChI=1S/C11H14INO.ClH/c12-10-5-1-2-6-11(10)14-9-4-3-7-13-8-9;/h1-2,5-6,9,13H,3-4,7-8H2;1H. The first-order valence-corrected chi connectivity index (χ1v) is 6.06. The number of ether oxygens (including phenoxy) is 1. The van der Waals surface area contributed by atoms with E-state index in [9.17, 15) is 0 Å². The Labute approximate surface area is 110 Å². The van der Waals surface area contributed by atoms with Gasteiger partial charge in [0.25, 0.3) is 0 Å². The molecule has 0 aliphatic carbocycles. The van der Waals surface area contributed by atoms with Crippen molar-refractivity contribution in [1.29, 1.82) is 0 Å². The van der Waals surface area contributed by atoms with Crippen molar-refractivity contribution in [2.75, 3.05) is 13.1 Å². The SMILES string of the molecule is Cl.Ic1ccccc1OC1CCCNC1. The zero-order valence-electron chi connectivity index (χ0n) is 8.41. The largest absolute Gasteiger partial charge is 0.488 e. The summed E-state index contributed by atoms with van der Waals surface area (Å²) in [5.74, 6) is 1.02. The summed E-state index contributed by atoms with van der Waals surface area (Å²) in [7, 11) is 0. The maximum Gasteiger partial charge on any atom is 0.133 e. The number of benzene rings is 1. The number of nitrogens with one attached hydrogen (secondary N) is 1. The molecule has 1 atom stereocenters. The van der Waals surface area contributed by atoms with E-state index in [1.54, 1.807) is 0 Å². The predicted octanol–water partition coefficient (Wildman–Crippen LogP) is 2.84. The van der Waals surface area contributed by atoms with E-state index in [4.69, 9.17) is 4.74 Å². The third kappa shape index (κ3) is 3.81. The molecule has 2 rings (SSSR count).